The van der Waals surface area contributed by atoms with E-state index >= 15 is 0 Å². The highest BCUT2D eigenvalue weighted by molar-refractivity contribution is 5.64. The van der Waals surface area contributed by atoms with Crippen LogP contribution < -0.4 is 4.74 Å². The van der Waals surface area contributed by atoms with Crippen molar-refractivity contribution in [3.63, 3.8) is 0 Å². The lowest BCUT2D eigenvalue weighted by Gasteiger charge is -2.30. The lowest BCUT2D eigenvalue weighted by Crippen LogP contribution is -2.15. The second-order valence-corrected chi connectivity index (χ2v) is 7.82. The van der Waals surface area contributed by atoms with Crippen molar-refractivity contribution in [3.05, 3.63) is 54.1 Å². The molecule has 1 heteroatoms. The molecule has 1 nitrogen and oxygen atoms in total. The fourth-order valence-corrected chi connectivity index (χ4v) is 4.20. The summed E-state index contributed by atoms with van der Waals surface area (Å²) >= 11 is 0. The molecule has 0 spiro atoms. The van der Waals surface area contributed by atoms with Gasteiger partial charge in [-0.2, -0.15) is 0 Å². The molecule has 25 heavy (non-hydrogen) atoms. The molecular weight excluding hydrogens is 304 g/mol. The third-order valence-electron chi connectivity index (χ3n) is 6.08. The van der Waals surface area contributed by atoms with Crippen LogP contribution in [0, 0.1) is 11.8 Å². The monoisotopic (exact) mass is 336 g/mol. The predicted octanol–water partition coefficient (Wildman–Crippen LogP) is 7.07. The summed E-state index contributed by atoms with van der Waals surface area (Å²) in [5.41, 5.74) is 4.07. The third-order valence-corrected chi connectivity index (χ3v) is 6.08. The van der Waals surface area contributed by atoms with E-state index < -0.39 is 0 Å². The Bertz CT molecular complexity index is 633. The Kier molecular flexibility index (Phi) is 6.18. The molecule has 0 amide bonds. The summed E-state index contributed by atoms with van der Waals surface area (Å²) in [5, 5.41) is 0. The molecule has 1 aliphatic rings. The predicted molar refractivity (Wildman–Crippen MR) is 107 cm³/mol. The Morgan fingerprint density at radius 1 is 0.880 bits per heavy atom. The highest BCUT2D eigenvalue weighted by atomic mass is 16.5. The number of hydrogen-bond acceptors (Lipinski definition) is 1. The van der Waals surface area contributed by atoms with Crippen molar-refractivity contribution >= 4 is 0 Å². The van der Waals surface area contributed by atoms with Gasteiger partial charge in [0.05, 0.1) is 7.11 Å². The zero-order chi connectivity index (χ0) is 17.6. The van der Waals surface area contributed by atoms with Gasteiger partial charge >= 0.3 is 0 Å². The van der Waals surface area contributed by atoms with E-state index in [9.17, 15) is 0 Å². The maximum absolute atomic E-state index is 5.24. The normalized spacial score (nSPS) is 21.7. The molecule has 1 aliphatic carbocycles. The lowest BCUT2D eigenvalue weighted by molar-refractivity contribution is 0.273. The summed E-state index contributed by atoms with van der Waals surface area (Å²) in [4.78, 5) is 0. The highest BCUT2D eigenvalue weighted by Crippen LogP contribution is 2.39. The number of methoxy groups -OCH3 is 1. The minimum Gasteiger partial charge on any atom is -0.497 e. The minimum absolute atomic E-state index is 0.762. The summed E-state index contributed by atoms with van der Waals surface area (Å²) < 4.78 is 5.24. The zero-order valence-electron chi connectivity index (χ0n) is 16.0. The molecule has 0 radical (unpaired) electrons. The second kappa shape index (κ2) is 8.56. The first-order chi connectivity index (χ1) is 12.2. The molecule has 1 fully saturated rings. The Balaban J connectivity index is 1.59. The van der Waals surface area contributed by atoms with Gasteiger partial charge in [-0.25, -0.2) is 0 Å². The van der Waals surface area contributed by atoms with Crippen molar-refractivity contribution < 1.29 is 4.74 Å². The van der Waals surface area contributed by atoms with Gasteiger partial charge in [0.15, 0.2) is 0 Å². The maximum Gasteiger partial charge on any atom is 0.118 e. The summed E-state index contributed by atoms with van der Waals surface area (Å²) in [5.74, 6) is 3.53. The van der Waals surface area contributed by atoms with Crippen LogP contribution in [-0.4, -0.2) is 7.11 Å². The summed E-state index contributed by atoms with van der Waals surface area (Å²) in [6.45, 7) is 4.73. The van der Waals surface area contributed by atoms with Crippen molar-refractivity contribution in [1.82, 2.24) is 0 Å². The van der Waals surface area contributed by atoms with Gasteiger partial charge in [0.25, 0.3) is 0 Å². The van der Waals surface area contributed by atoms with Crippen molar-refractivity contribution in [2.75, 3.05) is 7.11 Å². The van der Waals surface area contributed by atoms with Crippen LogP contribution in [0.2, 0.25) is 0 Å². The van der Waals surface area contributed by atoms with E-state index in [1.165, 1.54) is 55.2 Å². The first-order valence-electron chi connectivity index (χ1n) is 9.94. The first kappa shape index (κ1) is 18.0. The van der Waals surface area contributed by atoms with Crippen molar-refractivity contribution in [2.24, 2.45) is 11.8 Å². The van der Waals surface area contributed by atoms with Gasteiger partial charge in [-0.05, 0) is 78.7 Å². The molecule has 2 aromatic rings. The number of hydrogen-bond donors (Lipinski definition) is 0. The van der Waals surface area contributed by atoms with E-state index in [2.05, 4.69) is 50.2 Å². The highest BCUT2D eigenvalue weighted by Gasteiger charge is 2.23. The minimum atomic E-state index is 0.762. The molecule has 1 atom stereocenters. The van der Waals surface area contributed by atoms with Gasteiger partial charge in [-0.15, -0.1) is 0 Å². The van der Waals surface area contributed by atoms with Crippen LogP contribution in [0.25, 0.3) is 11.1 Å². The van der Waals surface area contributed by atoms with E-state index in [1.54, 1.807) is 7.11 Å². The van der Waals surface area contributed by atoms with E-state index in [0.717, 1.165) is 23.5 Å². The summed E-state index contributed by atoms with van der Waals surface area (Å²) in [6, 6.07) is 17.6. The largest absolute Gasteiger partial charge is 0.497 e. The Hall–Kier alpha value is -1.76. The van der Waals surface area contributed by atoms with Crippen molar-refractivity contribution in [3.8, 4) is 16.9 Å². The van der Waals surface area contributed by atoms with Gasteiger partial charge in [-0.3, -0.25) is 0 Å². The van der Waals surface area contributed by atoms with Crippen LogP contribution in [0.1, 0.15) is 63.9 Å². The first-order valence-corrected chi connectivity index (χ1v) is 9.94. The van der Waals surface area contributed by atoms with Crippen molar-refractivity contribution in [2.45, 2.75) is 58.3 Å². The molecule has 0 saturated heterocycles. The smallest absolute Gasteiger partial charge is 0.118 e. The van der Waals surface area contributed by atoms with Gasteiger partial charge in [0.1, 0.15) is 5.75 Å². The molecule has 1 unspecified atom stereocenters. The fraction of sp³-hybridized carbons (Fsp3) is 0.500. The molecule has 0 N–H and O–H groups in total. The average molecular weight is 337 g/mol. The molecule has 0 aromatic heterocycles. The summed E-state index contributed by atoms with van der Waals surface area (Å²) in [6.07, 6.45) is 8.31. The van der Waals surface area contributed by atoms with Crippen LogP contribution in [0.15, 0.2) is 48.5 Å². The molecule has 2 aromatic carbocycles. The van der Waals surface area contributed by atoms with E-state index in [1.807, 2.05) is 12.1 Å². The Morgan fingerprint density at radius 3 is 1.96 bits per heavy atom. The number of ether oxygens (including phenoxy) is 1. The molecule has 0 bridgehead atoms. The van der Waals surface area contributed by atoms with Crippen LogP contribution in [0.5, 0.6) is 5.75 Å². The van der Waals surface area contributed by atoms with Gasteiger partial charge in [0.2, 0.25) is 0 Å². The van der Waals surface area contributed by atoms with Crippen LogP contribution >= 0.6 is 0 Å². The number of benzene rings is 2. The summed E-state index contributed by atoms with van der Waals surface area (Å²) in [7, 11) is 1.71. The Morgan fingerprint density at radius 2 is 1.44 bits per heavy atom. The molecule has 0 aliphatic heterocycles. The van der Waals surface area contributed by atoms with E-state index in [-0.39, 0.29) is 0 Å². The van der Waals surface area contributed by atoms with Crippen molar-refractivity contribution in [1.29, 1.82) is 0 Å². The van der Waals surface area contributed by atoms with Gasteiger partial charge < -0.3 is 4.74 Å². The zero-order valence-corrected chi connectivity index (χ0v) is 16.0. The van der Waals surface area contributed by atoms with Crippen LogP contribution in [0.3, 0.4) is 0 Å². The molecule has 134 valence electrons. The molecule has 1 saturated carbocycles. The number of rotatable bonds is 6. The van der Waals surface area contributed by atoms with E-state index in [4.69, 9.17) is 4.74 Å². The standard InChI is InChI=1S/C24H32O/c1-4-18(2)17-19-5-7-20(8-6-19)21-9-11-22(12-10-21)23-13-15-24(25-3)16-14-23/h9-16,18-20H,4-8,17H2,1-3H3. The Labute approximate surface area is 153 Å². The van der Waals surface area contributed by atoms with E-state index in [0.29, 0.717) is 0 Å². The topological polar surface area (TPSA) is 9.23 Å². The van der Waals surface area contributed by atoms with Crippen LogP contribution in [-0.2, 0) is 0 Å². The quantitative estimate of drug-likeness (QED) is 0.548. The van der Waals surface area contributed by atoms with Gasteiger partial charge in [0, 0.05) is 0 Å². The molecule has 0 heterocycles. The molecule has 3 rings (SSSR count). The SMILES string of the molecule is CCC(C)CC1CCC(c2ccc(-c3ccc(OC)cc3)cc2)CC1. The molecular formula is C24H32O. The van der Waals surface area contributed by atoms with Crippen LogP contribution in [0.4, 0.5) is 0 Å². The maximum atomic E-state index is 5.24. The fourth-order valence-electron chi connectivity index (χ4n) is 4.20. The second-order valence-electron chi connectivity index (χ2n) is 7.82. The third kappa shape index (κ3) is 4.66. The van der Waals surface area contributed by atoms with Gasteiger partial charge in [-0.1, -0.05) is 56.7 Å². The lowest BCUT2D eigenvalue weighted by atomic mass is 9.75. The average Bonchev–Trinajstić information content (AvgIpc) is 2.69.